The maximum Gasteiger partial charge on any atom is 0.335 e. The van der Waals surface area contributed by atoms with Gasteiger partial charge in [-0.2, -0.15) is 0 Å². The Morgan fingerprint density at radius 1 is 1.17 bits per heavy atom. The molecule has 4 nitrogen and oxygen atoms in total. The van der Waals surface area contributed by atoms with Gasteiger partial charge < -0.3 is 9.47 Å². The highest BCUT2D eigenvalue weighted by molar-refractivity contribution is 5.84. The third-order valence-electron chi connectivity index (χ3n) is 1.55. The maximum absolute atomic E-state index is 11.0. The highest BCUT2D eigenvalue weighted by atomic mass is 16.6. The number of ether oxygens (including phenoxy) is 2. The molecule has 0 saturated heterocycles. The molecule has 0 bridgehead atoms. The molecule has 0 fully saturated rings. The number of rotatable bonds is 4. The zero-order valence-corrected chi connectivity index (χ0v) is 7.79. The van der Waals surface area contributed by atoms with E-state index in [1.54, 1.807) is 6.92 Å². The van der Waals surface area contributed by atoms with Crippen molar-refractivity contribution in [3.05, 3.63) is 0 Å². The highest BCUT2D eigenvalue weighted by Gasteiger charge is 2.18. The van der Waals surface area contributed by atoms with Gasteiger partial charge in [0.05, 0.1) is 0 Å². The van der Waals surface area contributed by atoms with Crippen LogP contribution in [0, 0.1) is 0 Å². The van der Waals surface area contributed by atoms with Crippen molar-refractivity contribution in [2.75, 3.05) is 7.11 Å². The van der Waals surface area contributed by atoms with E-state index < -0.39 is 18.2 Å². The Labute approximate surface area is 71.8 Å². The first-order valence-electron chi connectivity index (χ1n) is 3.72. The Morgan fingerprint density at radius 2 is 1.67 bits per heavy atom. The molecule has 0 aromatic rings. The molecule has 0 saturated carbocycles. The van der Waals surface area contributed by atoms with Crippen LogP contribution in [0.2, 0.25) is 0 Å². The molecule has 0 heterocycles. The lowest BCUT2D eigenvalue weighted by Gasteiger charge is -2.13. The monoisotopic (exact) mass is 174 g/mol. The van der Waals surface area contributed by atoms with Gasteiger partial charge in [0.1, 0.15) is 0 Å². The summed E-state index contributed by atoms with van der Waals surface area (Å²) in [6.45, 7) is 4.47. The number of methoxy groups -OCH3 is 1. The first-order valence-corrected chi connectivity index (χ1v) is 3.72. The molecular weight excluding hydrogens is 160 g/mol. The predicted molar refractivity (Wildman–Crippen MR) is 42.7 cm³/mol. The Morgan fingerprint density at radius 3 is 2.00 bits per heavy atom. The minimum atomic E-state index is -0.685. The van der Waals surface area contributed by atoms with Crippen LogP contribution in [0.5, 0.6) is 0 Å². The summed E-state index contributed by atoms with van der Waals surface area (Å²) in [5.41, 5.74) is 0. The van der Waals surface area contributed by atoms with E-state index in [0.29, 0.717) is 0 Å². The van der Waals surface area contributed by atoms with Gasteiger partial charge in [0.25, 0.3) is 0 Å². The zero-order chi connectivity index (χ0) is 9.72. The maximum atomic E-state index is 11.0. The van der Waals surface area contributed by atoms with Crippen LogP contribution < -0.4 is 0 Å². The second kappa shape index (κ2) is 4.87. The fourth-order valence-corrected chi connectivity index (χ4v) is 0.449. The minimum absolute atomic E-state index is 0.174. The van der Waals surface area contributed by atoms with Crippen LogP contribution in [0.1, 0.15) is 20.8 Å². The van der Waals surface area contributed by atoms with Crippen molar-refractivity contribution in [3.8, 4) is 0 Å². The van der Waals surface area contributed by atoms with Gasteiger partial charge in [0.15, 0.2) is 18.0 Å². The number of esters is 1. The standard InChI is InChI=1S/C8H14O4/c1-5(9)6(2)12-8(10)7(3)11-4/h6-7H,1-4H3/t6-,7+/m0/s1. The van der Waals surface area contributed by atoms with Crippen LogP contribution >= 0.6 is 0 Å². The van der Waals surface area contributed by atoms with Crippen LogP contribution in [0.25, 0.3) is 0 Å². The summed E-state index contributed by atoms with van der Waals surface area (Å²) in [5, 5.41) is 0. The predicted octanol–water partition coefficient (Wildman–Crippen LogP) is 0.542. The number of Topliss-reactive ketones (excluding diaryl/α,β-unsaturated/α-hetero) is 1. The van der Waals surface area contributed by atoms with E-state index in [1.807, 2.05) is 0 Å². The Balaban J connectivity index is 3.92. The minimum Gasteiger partial charge on any atom is -0.453 e. The summed E-state index contributed by atoms with van der Waals surface area (Å²) >= 11 is 0. The third kappa shape index (κ3) is 3.48. The molecule has 0 aromatic heterocycles. The Kier molecular flexibility index (Phi) is 4.51. The van der Waals surface area contributed by atoms with Crippen molar-refractivity contribution in [3.63, 3.8) is 0 Å². The van der Waals surface area contributed by atoms with Crippen LogP contribution in [0.3, 0.4) is 0 Å². The second-order valence-corrected chi connectivity index (χ2v) is 2.57. The van der Waals surface area contributed by atoms with Gasteiger partial charge in [-0.05, 0) is 20.8 Å². The summed E-state index contributed by atoms with van der Waals surface area (Å²) < 4.78 is 9.46. The number of carbonyl (C=O) groups is 2. The fraction of sp³-hybridized carbons (Fsp3) is 0.750. The molecule has 0 unspecified atom stereocenters. The number of hydrogen-bond donors (Lipinski definition) is 0. The number of hydrogen-bond acceptors (Lipinski definition) is 4. The van der Waals surface area contributed by atoms with Crippen molar-refractivity contribution in [2.45, 2.75) is 33.0 Å². The summed E-state index contributed by atoms with van der Waals surface area (Å²) in [6, 6.07) is 0. The molecule has 2 atom stereocenters. The van der Waals surface area contributed by atoms with E-state index in [-0.39, 0.29) is 5.78 Å². The summed E-state index contributed by atoms with van der Waals surface area (Å²) in [6.07, 6.45) is -1.30. The molecule has 0 aliphatic carbocycles. The van der Waals surface area contributed by atoms with Gasteiger partial charge >= 0.3 is 5.97 Å². The average Bonchev–Trinajstić information content (AvgIpc) is 2.02. The van der Waals surface area contributed by atoms with Crippen molar-refractivity contribution >= 4 is 11.8 Å². The van der Waals surface area contributed by atoms with Gasteiger partial charge in [-0.25, -0.2) is 4.79 Å². The van der Waals surface area contributed by atoms with E-state index in [4.69, 9.17) is 9.47 Å². The smallest absolute Gasteiger partial charge is 0.335 e. The normalized spacial score (nSPS) is 15.0. The lowest BCUT2D eigenvalue weighted by molar-refractivity contribution is -0.162. The molecule has 70 valence electrons. The molecule has 4 heteroatoms. The average molecular weight is 174 g/mol. The van der Waals surface area contributed by atoms with Crippen molar-refractivity contribution < 1.29 is 19.1 Å². The first-order chi connectivity index (χ1) is 5.49. The molecule has 12 heavy (non-hydrogen) atoms. The molecule has 0 amide bonds. The largest absolute Gasteiger partial charge is 0.453 e. The van der Waals surface area contributed by atoms with Crippen LogP contribution in [-0.2, 0) is 19.1 Å². The molecule has 0 rings (SSSR count). The highest BCUT2D eigenvalue weighted by Crippen LogP contribution is 1.98. The summed E-state index contributed by atoms with van der Waals surface area (Å²) in [7, 11) is 1.41. The van der Waals surface area contributed by atoms with Crippen LogP contribution in [0.4, 0.5) is 0 Å². The zero-order valence-electron chi connectivity index (χ0n) is 7.79. The Bertz CT molecular complexity index is 176. The molecule has 0 aromatic carbocycles. The van der Waals surface area contributed by atoms with Gasteiger partial charge in [0, 0.05) is 7.11 Å². The number of ketones is 1. The quantitative estimate of drug-likeness (QED) is 0.584. The Hall–Kier alpha value is -0.900. The van der Waals surface area contributed by atoms with E-state index in [1.165, 1.54) is 21.0 Å². The molecular formula is C8H14O4. The van der Waals surface area contributed by atoms with Gasteiger partial charge in [-0.1, -0.05) is 0 Å². The lowest BCUT2D eigenvalue weighted by Crippen LogP contribution is -2.29. The van der Waals surface area contributed by atoms with Gasteiger partial charge in [-0.3, -0.25) is 4.79 Å². The summed E-state index contributed by atoms with van der Waals surface area (Å²) in [4.78, 5) is 21.7. The second-order valence-electron chi connectivity index (χ2n) is 2.57. The van der Waals surface area contributed by atoms with Crippen LogP contribution in [0.15, 0.2) is 0 Å². The van der Waals surface area contributed by atoms with Gasteiger partial charge in [0.2, 0.25) is 0 Å². The lowest BCUT2D eigenvalue weighted by atomic mass is 10.3. The molecule has 0 aliphatic rings. The topological polar surface area (TPSA) is 52.6 Å². The fourth-order valence-electron chi connectivity index (χ4n) is 0.449. The SMILES string of the molecule is CO[C@H](C)C(=O)O[C@@H](C)C(C)=O. The third-order valence-corrected chi connectivity index (χ3v) is 1.55. The van der Waals surface area contributed by atoms with Crippen molar-refractivity contribution in [2.24, 2.45) is 0 Å². The van der Waals surface area contributed by atoms with E-state index in [0.717, 1.165) is 0 Å². The van der Waals surface area contributed by atoms with Crippen LogP contribution in [-0.4, -0.2) is 31.1 Å². The number of carbonyl (C=O) groups excluding carboxylic acids is 2. The van der Waals surface area contributed by atoms with Crippen molar-refractivity contribution in [1.82, 2.24) is 0 Å². The van der Waals surface area contributed by atoms with E-state index in [9.17, 15) is 9.59 Å². The molecule has 0 aliphatic heterocycles. The van der Waals surface area contributed by atoms with E-state index in [2.05, 4.69) is 0 Å². The van der Waals surface area contributed by atoms with Gasteiger partial charge in [-0.15, -0.1) is 0 Å². The first kappa shape index (κ1) is 11.1. The molecule has 0 radical (unpaired) electrons. The van der Waals surface area contributed by atoms with Crippen molar-refractivity contribution in [1.29, 1.82) is 0 Å². The molecule has 0 spiro atoms. The van der Waals surface area contributed by atoms with E-state index >= 15 is 0 Å². The summed E-state index contributed by atoms with van der Waals surface area (Å²) in [5.74, 6) is -0.688. The molecule has 0 N–H and O–H groups in total.